The van der Waals surface area contributed by atoms with Gasteiger partial charge in [-0.25, -0.2) is 4.98 Å². The fourth-order valence-corrected chi connectivity index (χ4v) is 2.90. The van der Waals surface area contributed by atoms with Crippen molar-refractivity contribution in [3.8, 4) is 0 Å². The minimum absolute atomic E-state index is 0.129. The first kappa shape index (κ1) is 17.5. The molecule has 7 nitrogen and oxygen atoms in total. The highest BCUT2D eigenvalue weighted by Crippen LogP contribution is 2.23. The molecule has 2 aromatic rings. The van der Waals surface area contributed by atoms with Crippen LogP contribution in [-0.4, -0.2) is 35.6 Å². The summed E-state index contributed by atoms with van der Waals surface area (Å²) in [4.78, 5) is 28.7. The van der Waals surface area contributed by atoms with Crippen molar-refractivity contribution in [2.75, 3.05) is 22.6 Å². The number of amides is 2. The average Bonchev–Trinajstić information content (AvgIpc) is 3.32. The van der Waals surface area contributed by atoms with Crippen molar-refractivity contribution in [2.24, 2.45) is 0 Å². The Labute approximate surface area is 157 Å². The molecule has 1 unspecified atom stereocenters. The summed E-state index contributed by atoms with van der Waals surface area (Å²) in [6.45, 7) is 0.634. The number of pyridine rings is 1. The molecule has 1 atom stereocenters. The van der Waals surface area contributed by atoms with E-state index in [2.05, 4.69) is 20.9 Å². The van der Waals surface area contributed by atoms with Gasteiger partial charge in [-0.1, -0.05) is 0 Å². The molecule has 3 N–H and O–H groups in total. The second kappa shape index (κ2) is 7.75. The van der Waals surface area contributed by atoms with Gasteiger partial charge in [-0.3, -0.25) is 9.59 Å². The van der Waals surface area contributed by atoms with E-state index in [1.807, 2.05) is 6.07 Å². The van der Waals surface area contributed by atoms with Gasteiger partial charge < -0.3 is 20.7 Å². The maximum atomic E-state index is 12.3. The van der Waals surface area contributed by atoms with Gasteiger partial charge in [0.15, 0.2) is 0 Å². The number of rotatable bonds is 6. The lowest BCUT2D eigenvalue weighted by Crippen LogP contribution is -2.26. The molecule has 1 aromatic heterocycles. The number of carbonyl (C=O) groups excluding carboxylic acids is 2. The Morgan fingerprint density at radius 3 is 2.30 bits per heavy atom. The minimum atomic E-state index is -0.366. The molecule has 7 heteroatoms. The number of ether oxygens (including phenoxy) is 1. The van der Waals surface area contributed by atoms with Crippen molar-refractivity contribution in [1.82, 2.24) is 4.98 Å². The second-order valence-electron chi connectivity index (χ2n) is 6.87. The highest BCUT2D eigenvalue weighted by Gasteiger charge is 2.23. The lowest BCUT2D eigenvalue weighted by molar-refractivity contribution is -0.124. The molecular weight excluding hydrogens is 344 g/mol. The molecule has 2 heterocycles. The van der Waals surface area contributed by atoms with Crippen molar-refractivity contribution in [3.63, 3.8) is 0 Å². The Hall–Kier alpha value is -2.93. The van der Waals surface area contributed by atoms with Gasteiger partial charge in [0.2, 0.25) is 0 Å². The van der Waals surface area contributed by atoms with Gasteiger partial charge in [0.05, 0.1) is 5.56 Å². The molecule has 1 aliphatic heterocycles. The number of anilines is 3. The number of hydrogen-bond acceptors (Lipinski definition) is 5. The molecule has 4 rings (SSSR count). The second-order valence-corrected chi connectivity index (χ2v) is 6.87. The Morgan fingerprint density at radius 1 is 0.963 bits per heavy atom. The number of nitrogens with zero attached hydrogens (tertiary/aromatic N) is 1. The minimum Gasteiger partial charge on any atom is -0.368 e. The Balaban J connectivity index is 1.31. The predicted molar refractivity (Wildman–Crippen MR) is 103 cm³/mol. The highest BCUT2D eigenvalue weighted by molar-refractivity contribution is 6.04. The van der Waals surface area contributed by atoms with Crippen molar-refractivity contribution < 1.29 is 14.3 Å². The number of hydrogen-bond donors (Lipinski definition) is 3. The molecule has 1 aromatic carbocycles. The topological polar surface area (TPSA) is 92.4 Å². The molecule has 27 heavy (non-hydrogen) atoms. The van der Waals surface area contributed by atoms with Crippen LogP contribution in [0, 0.1) is 0 Å². The average molecular weight is 366 g/mol. The first-order chi connectivity index (χ1) is 13.2. The molecule has 0 spiro atoms. The number of benzene rings is 1. The summed E-state index contributed by atoms with van der Waals surface area (Å²) >= 11 is 0. The van der Waals surface area contributed by atoms with Crippen LogP contribution in [0.15, 0.2) is 42.6 Å². The van der Waals surface area contributed by atoms with E-state index in [9.17, 15) is 9.59 Å². The number of aromatic nitrogens is 1. The normalized spacial score (nSPS) is 18.7. The van der Waals surface area contributed by atoms with Crippen molar-refractivity contribution >= 4 is 29.0 Å². The standard InChI is InChI=1S/C20H22N4O3/c25-19(13-3-10-18(21-12-13)22-14-4-5-14)23-15-6-8-16(9-7-15)24-20(26)17-2-1-11-27-17/h3,6-10,12,14,17H,1-2,4-5,11H2,(H,21,22)(H,23,25)(H,24,26). The third-order valence-corrected chi connectivity index (χ3v) is 4.59. The zero-order valence-corrected chi connectivity index (χ0v) is 14.9. The molecule has 2 aliphatic rings. The van der Waals surface area contributed by atoms with Gasteiger partial charge in [-0.05, 0) is 62.1 Å². The maximum Gasteiger partial charge on any atom is 0.257 e. The van der Waals surface area contributed by atoms with Crippen LogP contribution in [0.5, 0.6) is 0 Å². The van der Waals surface area contributed by atoms with Gasteiger partial charge in [0.25, 0.3) is 11.8 Å². The van der Waals surface area contributed by atoms with E-state index in [0.29, 0.717) is 29.6 Å². The third-order valence-electron chi connectivity index (χ3n) is 4.59. The van der Waals surface area contributed by atoms with Crippen LogP contribution in [0.2, 0.25) is 0 Å². The van der Waals surface area contributed by atoms with Gasteiger partial charge in [-0.15, -0.1) is 0 Å². The number of carbonyl (C=O) groups is 2. The smallest absolute Gasteiger partial charge is 0.257 e. The molecule has 0 bridgehead atoms. The fourth-order valence-electron chi connectivity index (χ4n) is 2.90. The number of nitrogens with one attached hydrogen (secondary N) is 3. The highest BCUT2D eigenvalue weighted by atomic mass is 16.5. The Bertz CT molecular complexity index is 810. The molecule has 1 saturated carbocycles. The lowest BCUT2D eigenvalue weighted by atomic mass is 10.2. The maximum absolute atomic E-state index is 12.3. The van der Waals surface area contributed by atoms with Crippen LogP contribution >= 0.6 is 0 Å². The van der Waals surface area contributed by atoms with Gasteiger partial charge in [0.1, 0.15) is 11.9 Å². The molecular formula is C20H22N4O3. The SMILES string of the molecule is O=C(Nc1ccc(NC(=O)C2CCCO2)cc1)c1ccc(NC2CC2)nc1. The van der Waals surface area contributed by atoms with Gasteiger partial charge in [-0.2, -0.15) is 0 Å². The van der Waals surface area contributed by atoms with Gasteiger partial charge in [0, 0.05) is 30.2 Å². The van der Waals surface area contributed by atoms with E-state index < -0.39 is 0 Å². The molecule has 2 amide bonds. The van der Waals surface area contributed by atoms with E-state index in [0.717, 1.165) is 18.7 Å². The van der Waals surface area contributed by atoms with Crippen molar-refractivity contribution in [2.45, 2.75) is 37.8 Å². The third kappa shape index (κ3) is 4.62. The molecule has 1 saturated heterocycles. The Kier molecular flexibility index (Phi) is 5.02. The largest absolute Gasteiger partial charge is 0.368 e. The lowest BCUT2D eigenvalue weighted by Gasteiger charge is -2.11. The predicted octanol–water partition coefficient (Wildman–Crippen LogP) is 3.03. The van der Waals surface area contributed by atoms with Crippen LogP contribution < -0.4 is 16.0 Å². The van der Waals surface area contributed by atoms with E-state index in [-0.39, 0.29) is 17.9 Å². The summed E-state index contributed by atoms with van der Waals surface area (Å²) in [5.74, 6) is 0.437. The summed E-state index contributed by atoms with van der Waals surface area (Å²) in [5.41, 5.74) is 1.81. The van der Waals surface area contributed by atoms with Crippen molar-refractivity contribution in [1.29, 1.82) is 0 Å². The molecule has 2 fully saturated rings. The summed E-state index contributed by atoms with van der Waals surface area (Å²) in [7, 11) is 0. The van der Waals surface area contributed by atoms with Crippen LogP contribution in [0.1, 0.15) is 36.0 Å². The van der Waals surface area contributed by atoms with Gasteiger partial charge >= 0.3 is 0 Å². The van der Waals surface area contributed by atoms with E-state index in [1.54, 1.807) is 36.5 Å². The first-order valence-electron chi connectivity index (χ1n) is 9.24. The summed E-state index contributed by atoms with van der Waals surface area (Å²) in [6.07, 6.45) is 5.21. The molecule has 1 aliphatic carbocycles. The van der Waals surface area contributed by atoms with E-state index >= 15 is 0 Å². The zero-order valence-electron chi connectivity index (χ0n) is 14.9. The van der Waals surface area contributed by atoms with E-state index in [4.69, 9.17) is 4.74 Å². The quantitative estimate of drug-likeness (QED) is 0.731. The van der Waals surface area contributed by atoms with Crippen molar-refractivity contribution in [3.05, 3.63) is 48.2 Å². The molecule has 140 valence electrons. The fraction of sp³-hybridized carbons (Fsp3) is 0.350. The summed E-state index contributed by atoms with van der Waals surface area (Å²) in [6, 6.07) is 11.1. The Morgan fingerprint density at radius 2 is 1.70 bits per heavy atom. The van der Waals surface area contributed by atoms with Crippen LogP contribution in [0.4, 0.5) is 17.2 Å². The van der Waals surface area contributed by atoms with Crippen LogP contribution in [-0.2, 0) is 9.53 Å². The monoisotopic (exact) mass is 366 g/mol. The summed E-state index contributed by atoms with van der Waals surface area (Å²) in [5, 5.41) is 8.95. The van der Waals surface area contributed by atoms with Crippen LogP contribution in [0.3, 0.4) is 0 Å². The summed E-state index contributed by atoms with van der Waals surface area (Å²) < 4.78 is 5.37. The van der Waals surface area contributed by atoms with E-state index in [1.165, 1.54) is 12.8 Å². The first-order valence-corrected chi connectivity index (χ1v) is 9.24. The molecule has 0 radical (unpaired) electrons. The zero-order chi connectivity index (χ0) is 18.6. The van der Waals surface area contributed by atoms with Crippen LogP contribution in [0.25, 0.3) is 0 Å².